The van der Waals surface area contributed by atoms with E-state index in [1.807, 2.05) is 24.3 Å². The first-order valence-electron chi connectivity index (χ1n) is 6.70. The molecule has 1 N–H and O–H groups in total. The molecule has 0 aromatic heterocycles. The molecule has 0 aliphatic rings. The first kappa shape index (κ1) is 13.6. The van der Waals surface area contributed by atoms with E-state index >= 15 is 0 Å². The number of hydrogen-bond acceptors (Lipinski definition) is 2. The summed E-state index contributed by atoms with van der Waals surface area (Å²) in [7, 11) is 0. The molecule has 2 heteroatoms. The van der Waals surface area contributed by atoms with E-state index in [2.05, 4.69) is 50.4 Å². The van der Waals surface area contributed by atoms with Crippen LogP contribution >= 0.6 is 0 Å². The van der Waals surface area contributed by atoms with Crippen molar-refractivity contribution in [2.24, 2.45) is 0 Å². The number of aryl methyl sites for hydroxylation is 1. The lowest BCUT2D eigenvalue weighted by molar-refractivity contribution is 0.481. The standard InChI is InChI=1S/C17H21NO/c1-13(2)18-12-15-5-4-6-17(11-15)19-16-9-7-14(3)8-10-16/h4-11,13,18H,12H2,1-3H3. The van der Waals surface area contributed by atoms with Crippen molar-refractivity contribution in [3.63, 3.8) is 0 Å². The van der Waals surface area contributed by atoms with Crippen LogP contribution in [0.2, 0.25) is 0 Å². The van der Waals surface area contributed by atoms with Crippen LogP contribution in [0.3, 0.4) is 0 Å². The van der Waals surface area contributed by atoms with E-state index < -0.39 is 0 Å². The van der Waals surface area contributed by atoms with Crippen LogP contribution in [0.1, 0.15) is 25.0 Å². The highest BCUT2D eigenvalue weighted by atomic mass is 16.5. The smallest absolute Gasteiger partial charge is 0.127 e. The van der Waals surface area contributed by atoms with Gasteiger partial charge in [0.2, 0.25) is 0 Å². The fourth-order valence-corrected chi connectivity index (χ4v) is 1.78. The molecule has 0 atom stereocenters. The van der Waals surface area contributed by atoms with Crippen molar-refractivity contribution in [3.8, 4) is 11.5 Å². The lowest BCUT2D eigenvalue weighted by Gasteiger charge is -2.10. The van der Waals surface area contributed by atoms with E-state index in [1.54, 1.807) is 0 Å². The Morgan fingerprint density at radius 2 is 1.74 bits per heavy atom. The molecule has 2 rings (SSSR count). The molecule has 0 heterocycles. The molecule has 2 nitrogen and oxygen atoms in total. The van der Waals surface area contributed by atoms with E-state index in [1.165, 1.54) is 11.1 Å². The summed E-state index contributed by atoms with van der Waals surface area (Å²) in [5.41, 5.74) is 2.47. The third-order valence-electron chi connectivity index (χ3n) is 2.87. The normalized spacial score (nSPS) is 10.7. The van der Waals surface area contributed by atoms with Gasteiger partial charge in [-0.25, -0.2) is 0 Å². The fourth-order valence-electron chi connectivity index (χ4n) is 1.78. The predicted octanol–water partition coefficient (Wildman–Crippen LogP) is 4.29. The van der Waals surface area contributed by atoms with Gasteiger partial charge in [0.15, 0.2) is 0 Å². The van der Waals surface area contributed by atoms with Crippen LogP contribution < -0.4 is 10.1 Å². The van der Waals surface area contributed by atoms with Gasteiger partial charge in [0.25, 0.3) is 0 Å². The van der Waals surface area contributed by atoms with Crippen LogP contribution in [-0.2, 0) is 6.54 Å². The molecule has 19 heavy (non-hydrogen) atoms. The molecule has 100 valence electrons. The first-order chi connectivity index (χ1) is 9.13. The molecule has 0 saturated heterocycles. The molecule has 0 spiro atoms. The maximum absolute atomic E-state index is 5.85. The largest absolute Gasteiger partial charge is 0.457 e. The summed E-state index contributed by atoms with van der Waals surface area (Å²) in [6, 6.07) is 16.8. The summed E-state index contributed by atoms with van der Waals surface area (Å²) in [4.78, 5) is 0. The zero-order valence-electron chi connectivity index (χ0n) is 11.8. The van der Waals surface area contributed by atoms with Crippen LogP contribution in [0, 0.1) is 6.92 Å². The Morgan fingerprint density at radius 3 is 2.42 bits per heavy atom. The Labute approximate surface area is 115 Å². The molecule has 0 fully saturated rings. The number of benzene rings is 2. The van der Waals surface area contributed by atoms with Crippen molar-refractivity contribution in [1.82, 2.24) is 5.32 Å². The molecule has 2 aromatic carbocycles. The van der Waals surface area contributed by atoms with E-state index in [0.717, 1.165) is 18.0 Å². The van der Waals surface area contributed by atoms with Crippen molar-refractivity contribution in [1.29, 1.82) is 0 Å². The van der Waals surface area contributed by atoms with Gasteiger partial charge < -0.3 is 10.1 Å². The van der Waals surface area contributed by atoms with Gasteiger partial charge in [0.05, 0.1) is 0 Å². The average Bonchev–Trinajstić information content (AvgIpc) is 2.40. The van der Waals surface area contributed by atoms with Crippen LogP contribution in [0.4, 0.5) is 0 Å². The summed E-state index contributed by atoms with van der Waals surface area (Å²) >= 11 is 0. The van der Waals surface area contributed by atoms with Gasteiger partial charge in [-0.05, 0) is 36.8 Å². The minimum Gasteiger partial charge on any atom is -0.457 e. The Bertz CT molecular complexity index is 517. The van der Waals surface area contributed by atoms with E-state index in [4.69, 9.17) is 4.74 Å². The maximum atomic E-state index is 5.85. The number of ether oxygens (including phenoxy) is 1. The maximum Gasteiger partial charge on any atom is 0.127 e. The monoisotopic (exact) mass is 255 g/mol. The third-order valence-corrected chi connectivity index (χ3v) is 2.87. The molecular weight excluding hydrogens is 234 g/mol. The molecule has 0 unspecified atom stereocenters. The van der Waals surface area contributed by atoms with Gasteiger partial charge in [0, 0.05) is 12.6 Å². The SMILES string of the molecule is Cc1ccc(Oc2cccc(CNC(C)C)c2)cc1. The lowest BCUT2D eigenvalue weighted by atomic mass is 10.2. The van der Waals surface area contributed by atoms with Gasteiger partial charge in [0.1, 0.15) is 11.5 Å². The van der Waals surface area contributed by atoms with Crippen LogP contribution in [0.5, 0.6) is 11.5 Å². The van der Waals surface area contributed by atoms with Crippen LogP contribution in [0.25, 0.3) is 0 Å². The second-order valence-corrected chi connectivity index (χ2v) is 5.10. The van der Waals surface area contributed by atoms with Gasteiger partial charge in [-0.2, -0.15) is 0 Å². The molecule has 0 aliphatic carbocycles. The number of hydrogen-bond donors (Lipinski definition) is 1. The van der Waals surface area contributed by atoms with Crippen molar-refractivity contribution in [2.75, 3.05) is 0 Å². The highest BCUT2D eigenvalue weighted by Gasteiger charge is 2.00. The van der Waals surface area contributed by atoms with E-state index in [9.17, 15) is 0 Å². The third kappa shape index (κ3) is 4.42. The lowest BCUT2D eigenvalue weighted by Crippen LogP contribution is -2.21. The molecule has 0 radical (unpaired) electrons. The summed E-state index contributed by atoms with van der Waals surface area (Å²) in [6.45, 7) is 7.23. The van der Waals surface area contributed by atoms with E-state index in [-0.39, 0.29) is 0 Å². The quantitative estimate of drug-likeness (QED) is 0.860. The minimum absolute atomic E-state index is 0.488. The van der Waals surface area contributed by atoms with Gasteiger partial charge in [-0.15, -0.1) is 0 Å². The summed E-state index contributed by atoms with van der Waals surface area (Å²) in [5.74, 6) is 1.76. The van der Waals surface area contributed by atoms with Crippen molar-refractivity contribution in [3.05, 3.63) is 59.7 Å². The van der Waals surface area contributed by atoms with Gasteiger partial charge in [-0.1, -0.05) is 43.7 Å². The van der Waals surface area contributed by atoms with Crippen molar-refractivity contribution in [2.45, 2.75) is 33.4 Å². The summed E-state index contributed by atoms with van der Waals surface area (Å²) in [5, 5.41) is 3.40. The predicted molar refractivity (Wildman–Crippen MR) is 79.7 cm³/mol. The van der Waals surface area contributed by atoms with Crippen LogP contribution in [-0.4, -0.2) is 6.04 Å². The van der Waals surface area contributed by atoms with Crippen LogP contribution in [0.15, 0.2) is 48.5 Å². The minimum atomic E-state index is 0.488. The average molecular weight is 255 g/mol. The molecule has 0 saturated carbocycles. The Kier molecular flexibility index (Phi) is 4.58. The Hall–Kier alpha value is -1.80. The Morgan fingerprint density at radius 1 is 1.00 bits per heavy atom. The zero-order valence-corrected chi connectivity index (χ0v) is 11.8. The number of rotatable bonds is 5. The number of nitrogens with one attached hydrogen (secondary N) is 1. The molecule has 0 bridgehead atoms. The summed E-state index contributed by atoms with van der Waals surface area (Å²) in [6.07, 6.45) is 0. The van der Waals surface area contributed by atoms with Crippen molar-refractivity contribution < 1.29 is 4.74 Å². The summed E-state index contributed by atoms with van der Waals surface area (Å²) < 4.78 is 5.85. The van der Waals surface area contributed by atoms with Gasteiger partial charge in [-0.3, -0.25) is 0 Å². The zero-order chi connectivity index (χ0) is 13.7. The second-order valence-electron chi connectivity index (χ2n) is 5.10. The first-order valence-corrected chi connectivity index (χ1v) is 6.70. The second kappa shape index (κ2) is 6.39. The topological polar surface area (TPSA) is 21.3 Å². The molecule has 0 aliphatic heterocycles. The van der Waals surface area contributed by atoms with E-state index in [0.29, 0.717) is 6.04 Å². The fraction of sp³-hybridized carbons (Fsp3) is 0.294. The highest BCUT2D eigenvalue weighted by molar-refractivity contribution is 5.35. The van der Waals surface area contributed by atoms with Crippen molar-refractivity contribution >= 4 is 0 Å². The molecular formula is C17H21NO. The van der Waals surface area contributed by atoms with Gasteiger partial charge >= 0.3 is 0 Å². The molecule has 0 amide bonds. The molecule has 2 aromatic rings. The Balaban J connectivity index is 2.04. The highest BCUT2D eigenvalue weighted by Crippen LogP contribution is 2.22.